The summed E-state index contributed by atoms with van der Waals surface area (Å²) in [6.45, 7) is 6.69. The van der Waals surface area contributed by atoms with E-state index in [1.165, 1.54) is 23.8 Å². The van der Waals surface area contributed by atoms with Crippen LogP contribution in [0.15, 0.2) is 35.3 Å². The molecule has 2 aromatic heterocycles. The van der Waals surface area contributed by atoms with Crippen molar-refractivity contribution in [3.05, 3.63) is 57.6 Å². The molecule has 6 heteroatoms. The Kier molecular flexibility index (Phi) is 4.43. The Balaban J connectivity index is 1.35. The van der Waals surface area contributed by atoms with Crippen molar-refractivity contribution in [3.8, 4) is 0 Å². The SMILES string of the molecule is CC1CCN(c2nc3c(c(=O)[nH]2)CN(Cc2c[nH]c4ccccc24)CC3)CC1. The first-order valence-electron chi connectivity index (χ1n) is 10.3. The van der Waals surface area contributed by atoms with Crippen molar-refractivity contribution in [1.29, 1.82) is 0 Å². The summed E-state index contributed by atoms with van der Waals surface area (Å²) in [5.74, 6) is 1.53. The number of hydrogen-bond donors (Lipinski definition) is 2. The minimum absolute atomic E-state index is 0.0299. The molecule has 0 atom stereocenters. The maximum atomic E-state index is 12.8. The molecule has 1 fully saturated rings. The van der Waals surface area contributed by atoms with Crippen molar-refractivity contribution in [2.24, 2.45) is 5.92 Å². The molecular weight excluding hydrogens is 350 g/mol. The lowest BCUT2D eigenvalue weighted by molar-refractivity contribution is 0.242. The number of fused-ring (bicyclic) bond motifs is 2. The Morgan fingerprint density at radius 3 is 2.86 bits per heavy atom. The van der Waals surface area contributed by atoms with E-state index in [1.54, 1.807) is 0 Å². The molecule has 0 aliphatic carbocycles. The van der Waals surface area contributed by atoms with Gasteiger partial charge in [-0.1, -0.05) is 25.1 Å². The molecule has 0 amide bonds. The van der Waals surface area contributed by atoms with Gasteiger partial charge < -0.3 is 9.88 Å². The molecule has 28 heavy (non-hydrogen) atoms. The molecule has 146 valence electrons. The summed E-state index contributed by atoms with van der Waals surface area (Å²) < 4.78 is 0. The summed E-state index contributed by atoms with van der Waals surface area (Å²) >= 11 is 0. The van der Waals surface area contributed by atoms with E-state index in [0.717, 1.165) is 61.2 Å². The molecule has 0 bridgehead atoms. The summed E-state index contributed by atoms with van der Waals surface area (Å²) in [5, 5.41) is 1.26. The second-order valence-corrected chi connectivity index (χ2v) is 8.30. The molecule has 0 spiro atoms. The van der Waals surface area contributed by atoms with Crippen LogP contribution in [0.1, 0.15) is 36.6 Å². The largest absolute Gasteiger partial charge is 0.361 e. The fourth-order valence-corrected chi connectivity index (χ4v) is 4.48. The van der Waals surface area contributed by atoms with Crippen LogP contribution >= 0.6 is 0 Å². The zero-order valence-corrected chi connectivity index (χ0v) is 16.4. The van der Waals surface area contributed by atoms with Gasteiger partial charge in [-0.3, -0.25) is 14.7 Å². The van der Waals surface area contributed by atoms with Gasteiger partial charge in [0.1, 0.15) is 0 Å². The maximum Gasteiger partial charge on any atom is 0.257 e. The summed E-state index contributed by atoms with van der Waals surface area (Å²) in [7, 11) is 0. The monoisotopic (exact) mass is 377 g/mol. The molecule has 0 saturated carbocycles. The first-order valence-corrected chi connectivity index (χ1v) is 10.3. The molecule has 1 aromatic carbocycles. The Morgan fingerprint density at radius 1 is 1.18 bits per heavy atom. The van der Waals surface area contributed by atoms with E-state index in [-0.39, 0.29) is 5.56 Å². The minimum atomic E-state index is 0.0299. The molecule has 3 aromatic rings. The summed E-state index contributed by atoms with van der Waals surface area (Å²) in [4.78, 5) is 28.6. The fourth-order valence-electron chi connectivity index (χ4n) is 4.48. The second-order valence-electron chi connectivity index (χ2n) is 8.30. The van der Waals surface area contributed by atoms with Crippen LogP contribution in [0, 0.1) is 5.92 Å². The number of nitrogens with zero attached hydrogens (tertiary/aromatic N) is 3. The number of aromatic nitrogens is 3. The number of nitrogens with one attached hydrogen (secondary N) is 2. The van der Waals surface area contributed by atoms with E-state index in [2.05, 4.69) is 51.1 Å². The molecule has 6 nitrogen and oxygen atoms in total. The zero-order valence-electron chi connectivity index (χ0n) is 16.4. The van der Waals surface area contributed by atoms with Gasteiger partial charge in [0.25, 0.3) is 5.56 Å². The predicted molar refractivity (Wildman–Crippen MR) is 112 cm³/mol. The molecule has 2 aliphatic rings. The smallest absolute Gasteiger partial charge is 0.257 e. The Bertz CT molecular complexity index is 1040. The lowest BCUT2D eigenvalue weighted by atomic mass is 9.99. The van der Waals surface area contributed by atoms with Crippen molar-refractivity contribution in [2.75, 3.05) is 24.5 Å². The van der Waals surface area contributed by atoms with E-state index in [1.807, 2.05) is 6.07 Å². The number of anilines is 1. The van der Waals surface area contributed by atoms with E-state index in [9.17, 15) is 4.79 Å². The standard InChI is InChI=1S/C22H27N5O/c1-15-6-10-27(11-7-15)22-24-20-8-9-26(14-18(20)21(28)25-22)13-16-12-23-19-5-3-2-4-17(16)19/h2-5,12,15,23H,6-11,13-14H2,1H3,(H,24,25,28). The molecular formula is C22H27N5O. The Morgan fingerprint density at radius 2 is 2.00 bits per heavy atom. The van der Waals surface area contributed by atoms with E-state index < -0.39 is 0 Å². The highest BCUT2D eigenvalue weighted by molar-refractivity contribution is 5.82. The van der Waals surface area contributed by atoms with Crippen molar-refractivity contribution in [2.45, 2.75) is 39.3 Å². The molecule has 2 N–H and O–H groups in total. The third kappa shape index (κ3) is 3.22. The average molecular weight is 377 g/mol. The van der Waals surface area contributed by atoms with Crippen molar-refractivity contribution < 1.29 is 0 Å². The number of benzene rings is 1. The number of hydrogen-bond acceptors (Lipinski definition) is 4. The first-order chi connectivity index (χ1) is 13.7. The average Bonchev–Trinajstić information content (AvgIpc) is 3.12. The maximum absolute atomic E-state index is 12.8. The van der Waals surface area contributed by atoms with Gasteiger partial charge in [0.15, 0.2) is 0 Å². The molecule has 0 unspecified atom stereocenters. The lowest BCUT2D eigenvalue weighted by Crippen LogP contribution is -2.39. The molecule has 2 aliphatic heterocycles. The van der Waals surface area contributed by atoms with Gasteiger partial charge in [0.05, 0.1) is 11.3 Å². The van der Waals surface area contributed by atoms with Crippen LogP contribution in [-0.4, -0.2) is 39.5 Å². The Hall–Kier alpha value is -2.60. The van der Waals surface area contributed by atoms with Crippen LogP contribution < -0.4 is 10.5 Å². The van der Waals surface area contributed by atoms with E-state index in [4.69, 9.17) is 4.98 Å². The highest BCUT2D eigenvalue weighted by Gasteiger charge is 2.24. The molecule has 4 heterocycles. The number of para-hydroxylation sites is 1. The van der Waals surface area contributed by atoms with Crippen molar-refractivity contribution in [3.63, 3.8) is 0 Å². The third-order valence-electron chi connectivity index (χ3n) is 6.29. The van der Waals surface area contributed by atoms with Crippen LogP contribution in [0.2, 0.25) is 0 Å². The topological polar surface area (TPSA) is 68.0 Å². The van der Waals surface area contributed by atoms with Gasteiger partial charge in [-0.15, -0.1) is 0 Å². The quantitative estimate of drug-likeness (QED) is 0.736. The number of aromatic amines is 2. The van der Waals surface area contributed by atoms with E-state index >= 15 is 0 Å². The van der Waals surface area contributed by atoms with Crippen LogP contribution in [0.3, 0.4) is 0 Å². The Labute approximate surface area is 164 Å². The highest BCUT2D eigenvalue weighted by atomic mass is 16.1. The van der Waals surface area contributed by atoms with Gasteiger partial charge in [-0.25, -0.2) is 4.98 Å². The fraction of sp³-hybridized carbons (Fsp3) is 0.455. The van der Waals surface area contributed by atoms with Crippen LogP contribution in [0.5, 0.6) is 0 Å². The minimum Gasteiger partial charge on any atom is -0.361 e. The van der Waals surface area contributed by atoms with Gasteiger partial charge >= 0.3 is 0 Å². The lowest BCUT2D eigenvalue weighted by Gasteiger charge is -2.32. The molecule has 1 saturated heterocycles. The van der Waals surface area contributed by atoms with Crippen molar-refractivity contribution >= 4 is 16.9 Å². The van der Waals surface area contributed by atoms with Crippen LogP contribution in [0.4, 0.5) is 5.95 Å². The van der Waals surface area contributed by atoms with E-state index in [0.29, 0.717) is 6.54 Å². The number of piperidine rings is 1. The molecule has 0 radical (unpaired) electrons. The van der Waals surface area contributed by atoms with Gasteiger partial charge in [-0.2, -0.15) is 0 Å². The number of rotatable bonds is 3. The highest BCUT2D eigenvalue weighted by Crippen LogP contribution is 2.24. The normalized spacial score (nSPS) is 18.5. The second kappa shape index (κ2) is 7.09. The van der Waals surface area contributed by atoms with Gasteiger partial charge in [0, 0.05) is 56.2 Å². The first kappa shape index (κ1) is 17.5. The summed E-state index contributed by atoms with van der Waals surface area (Å²) in [5.41, 5.74) is 4.28. The van der Waals surface area contributed by atoms with Crippen molar-refractivity contribution in [1.82, 2.24) is 19.9 Å². The predicted octanol–water partition coefficient (Wildman–Crippen LogP) is 3.05. The van der Waals surface area contributed by atoms with Crippen LogP contribution in [-0.2, 0) is 19.5 Å². The summed E-state index contributed by atoms with van der Waals surface area (Å²) in [6.07, 6.45) is 5.25. The van der Waals surface area contributed by atoms with Gasteiger partial charge in [0.2, 0.25) is 5.95 Å². The third-order valence-corrected chi connectivity index (χ3v) is 6.29. The number of H-pyrrole nitrogens is 2. The van der Waals surface area contributed by atoms with Crippen LogP contribution in [0.25, 0.3) is 10.9 Å². The van der Waals surface area contributed by atoms with Gasteiger partial charge in [-0.05, 0) is 30.4 Å². The zero-order chi connectivity index (χ0) is 19.1. The molecule has 5 rings (SSSR count). The summed E-state index contributed by atoms with van der Waals surface area (Å²) in [6, 6.07) is 8.37.